The van der Waals surface area contributed by atoms with Gasteiger partial charge in [-0.25, -0.2) is 9.59 Å². The molecule has 18 heavy (non-hydrogen) atoms. The third-order valence-electron chi connectivity index (χ3n) is 2.74. The van der Waals surface area contributed by atoms with E-state index in [1.54, 1.807) is 19.1 Å². The number of nitrogens with zero attached hydrogens (tertiary/aromatic N) is 1. The molecule has 5 nitrogen and oxygen atoms in total. The van der Waals surface area contributed by atoms with Gasteiger partial charge in [0.1, 0.15) is 6.04 Å². The summed E-state index contributed by atoms with van der Waals surface area (Å²) >= 11 is 0. The predicted molar refractivity (Wildman–Crippen MR) is 71.4 cm³/mol. The van der Waals surface area contributed by atoms with E-state index in [9.17, 15) is 9.59 Å². The summed E-state index contributed by atoms with van der Waals surface area (Å²) in [7, 11) is 0. The third-order valence-corrected chi connectivity index (χ3v) is 2.74. The fraction of sp³-hybridized carbons (Fsp3) is 0.538. The molecule has 0 aromatic carbocycles. The molecule has 0 rings (SSSR count). The molecule has 1 unspecified atom stereocenters. The Morgan fingerprint density at radius 2 is 1.83 bits per heavy atom. The maximum atomic E-state index is 11.9. The summed E-state index contributed by atoms with van der Waals surface area (Å²) in [5.41, 5.74) is 0. The van der Waals surface area contributed by atoms with Crippen LogP contribution in [-0.2, 0) is 4.79 Å². The van der Waals surface area contributed by atoms with Crippen LogP contribution < -0.4 is 5.32 Å². The Hall–Kier alpha value is -1.78. The van der Waals surface area contributed by atoms with E-state index in [1.807, 2.05) is 6.92 Å². The Labute approximate surface area is 108 Å². The van der Waals surface area contributed by atoms with Gasteiger partial charge in [-0.2, -0.15) is 0 Å². The van der Waals surface area contributed by atoms with Crippen molar-refractivity contribution in [2.24, 2.45) is 5.92 Å². The highest BCUT2D eigenvalue weighted by Crippen LogP contribution is 2.08. The fourth-order valence-corrected chi connectivity index (χ4v) is 1.46. The highest BCUT2D eigenvalue weighted by atomic mass is 16.4. The Kier molecular flexibility index (Phi) is 7.51. The minimum absolute atomic E-state index is 0.124. The molecule has 102 valence electrons. The monoisotopic (exact) mass is 254 g/mol. The van der Waals surface area contributed by atoms with E-state index < -0.39 is 18.0 Å². The second kappa shape index (κ2) is 8.33. The van der Waals surface area contributed by atoms with Gasteiger partial charge >= 0.3 is 12.0 Å². The zero-order valence-electron chi connectivity index (χ0n) is 11.1. The van der Waals surface area contributed by atoms with Crippen molar-refractivity contribution in [1.82, 2.24) is 10.2 Å². The van der Waals surface area contributed by atoms with E-state index in [-0.39, 0.29) is 5.92 Å². The molecule has 0 saturated heterocycles. The average molecular weight is 254 g/mol. The number of rotatable bonds is 8. The van der Waals surface area contributed by atoms with Crippen LogP contribution >= 0.6 is 0 Å². The van der Waals surface area contributed by atoms with Crippen molar-refractivity contribution in [3.05, 3.63) is 25.3 Å². The molecule has 2 N–H and O–H groups in total. The molecule has 0 bridgehead atoms. The summed E-state index contributed by atoms with van der Waals surface area (Å²) in [4.78, 5) is 24.5. The number of carboxylic acid groups (broad SMARTS) is 1. The third kappa shape index (κ3) is 5.03. The van der Waals surface area contributed by atoms with Crippen molar-refractivity contribution in [2.75, 3.05) is 13.1 Å². The summed E-state index contributed by atoms with van der Waals surface area (Å²) < 4.78 is 0. The van der Waals surface area contributed by atoms with E-state index in [4.69, 9.17) is 5.11 Å². The van der Waals surface area contributed by atoms with E-state index in [0.717, 1.165) is 0 Å². The summed E-state index contributed by atoms with van der Waals surface area (Å²) in [6.45, 7) is 11.5. The predicted octanol–water partition coefficient (Wildman–Crippen LogP) is 1.87. The van der Waals surface area contributed by atoms with Crippen LogP contribution in [0.4, 0.5) is 4.79 Å². The van der Waals surface area contributed by atoms with Gasteiger partial charge in [-0.05, 0) is 5.92 Å². The lowest BCUT2D eigenvalue weighted by Crippen LogP contribution is -2.50. The lowest BCUT2D eigenvalue weighted by Gasteiger charge is -2.25. The Bertz CT molecular complexity index is 305. The molecule has 0 aliphatic rings. The number of nitrogens with one attached hydrogen (secondary N) is 1. The first-order chi connectivity index (χ1) is 8.47. The van der Waals surface area contributed by atoms with Gasteiger partial charge < -0.3 is 15.3 Å². The lowest BCUT2D eigenvalue weighted by molar-refractivity contribution is -0.140. The van der Waals surface area contributed by atoms with Crippen molar-refractivity contribution >= 4 is 12.0 Å². The quantitative estimate of drug-likeness (QED) is 0.650. The molecule has 0 aromatic heterocycles. The molecule has 0 radical (unpaired) electrons. The normalized spacial score (nSPS) is 13.2. The Morgan fingerprint density at radius 3 is 2.17 bits per heavy atom. The van der Waals surface area contributed by atoms with Crippen LogP contribution in [0.5, 0.6) is 0 Å². The van der Waals surface area contributed by atoms with Gasteiger partial charge in [0.25, 0.3) is 0 Å². The fourth-order valence-electron chi connectivity index (χ4n) is 1.46. The number of carboxylic acids is 1. The zero-order chi connectivity index (χ0) is 14.1. The number of hydrogen-bond donors (Lipinski definition) is 2. The van der Waals surface area contributed by atoms with Crippen molar-refractivity contribution in [3.8, 4) is 0 Å². The molecule has 5 heteroatoms. The first-order valence-electron chi connectivity index (χ1n) is 5.97. The smallest absolute Gasteiger partial charge is 0.326 e. The first-order valence-corrected chi connectivity index (χ1v) is 5.97. The summed E-state index contributed by atoms with van der Waals surface area (Å²) in [5.74, 6) is -1.14. The lowest BCUT2D eigenvalue weighted by atomic mass is 9.99. The molecule has 0 heterocycles. The largest absolute Gasteiger partial charge is 0.480 e. The van der Waals surface area contributed by atoms with Crippen LogP contribution in [0.25, 0.3) is 0 Å². The minimum Gasteiger partial charge on any atom is -0.480 e. The van der Waals surface area contributed by atoms with Crippen LogP contribution in [-0.4, -0.2) is 41.1 Å². The zero-order valence-corrected chi connectivity index (χ0v) is 11.1. The number of urea groups is 1. The average Bonchev–Trinajstić information content (AvgIpc) is 2.34. The molecule has 0 spiro atoms. The first kappa shape index (κ1) is 16.2. The van der Waals surface area contributed by atoms with Gasteiger partial charge in [-0.15, -0.1) is 13.2 Å². The summed E-state index contributed by atoms with van der Waals surface area (Å²) in [6.07, 6.45) is 3.85. The van der Waals surface area contributed by atoms with Crippen LogP contribution in [0.1, 0.15) is 20.3 Å². The highest BCUT2D eigenvalue weighted by Gasteiger charge is 2.26. The van der Waals surface area contributed by atoms with Gasteiger partial charge in [0.05, 0.1) is 0 Å². The molecular weight excluding hydrogens is 232 g/mol. The molecule has 0 aromatic rings. The molecule has 0 saturated carbocycles. The van der Waals surface area contributed by atoms with E-state index >= 15 is 0 Å². The number of amides is 2. The molecule has 2 amide bonds. The molecular formula is C13H22N2O3. The Morgan fingerprint density at radius 1 is 1.33 bits per heavy atom. The maximum Gasteiger partial charge on any atom is 0.326 e. The second-order valence-corrected chi connectivity index (χ2v) is 4.13. The molecule has 0 fully saturated rings. The van der Waals surface area contributed by atoms with Gasteiger partial charge in [0.15, 0.2) is 0 Å². The van der Waals surface area contributed by atoms with E-state index in [1.165, 1.54) is 4.90 Å². The number of carbonyl (C=O) groups excluding carboxylic acids is 1. The topological polar surface area (TPSA) is 69.6 Å². The second-order valence-electron chi connectivity index (χ2n) is 4.13. The standard InChI is InChI=1S/C13H22N2O3/c1-5-8-15(9-6-2)13(18)14-11(12(16)17)10(4)7-3/h5-6,10-11H,1-2,7-9H2,3-4H3,(H,14,18)(H,16,17)/t10?,11-/m0/s1. The van der Waals surface area contributed by atoms with Crippen molar-refractivity contribution in [2.45, 2.75) is 26.3 Å². The van der Waals surface area contributed by atoms with Crippen molar-refractivity contribution in [1.29, 1.82) is 0 Å². The van der Waals surface area contributed by atoms with Crippen molar-refractivity contribution in [3.63, 3.8) is 0 Å². The van der Waals surface area contributed by atoms with Crippen LogP contribution in [0.3, 0.4) is 0 Å². The van der Waals surface area contributed by atoms with Gasteiger partial charge in [-0.1, -0.05) is 32.4 Å². The van der Waals surface area contributed by atoms with E-state index in [2.05, 4.69) is 18.5 Å². The maximum absolute atomic E-state index is 11.9. The molecule has 0 aliphatic carbocycles. The van der Waals surface area contributed by atoms with Gasteiger partial charge in [0, 0.05) is 13.1 Å². The molecule has 0 aliphatic heterocycles. The van der Waals surface area contributed by atoms with Crippen LogP contribution in [0, 0.1) is 5.92 Å². The Balaban J connectivity index is 4.69. The minimum atomic E-state index is -1.02. The van der Waals surface area contributed by atoms with Crippen LogP contribution in [0.2, 0.25) is 0 Å². The van der Waals surface area contributed by atoms with Gasteiger partial charge in [-0.3, -0.25) is 0 Å². The summed E-state index contributed by atoms with van der Waals surface area (Å²) in [6, 6.07) is -1.29. The van der Waals surface area contributed by atoms with E-state index in [0.29, 0.717) is 19.5 Å². The molecule has 2 atom stereocenters. The van der Waals surface area contributed by atoms with Crippen molar-refractivity contribution < 1.29 is 14.7 Å². The summed E-state index contributed by atoms with van der Waals surface area (Å²) in [5, 5.41) is 11.6. The highest BCUT2D eigenvalue weighted by molar-refractivity contribution is 5.82. The van der Waals surface area contributed by atoms with Crippen LogP contribution in [0.15, 0.2) is 25.3 Å². The SMILES string of the molecule is C=CCN(CC=C)C(=O)N[C@H](C(=O)O)C(C)CC. The number of aliphatic carboxylic acids is 1. The number of hydrogen-bond acceptors (Lipinski definition) is 2. The van der Waals surface area contributed by atoms with Gasteiger partial charge in [0.2, 0.25) is 0 Å². The number of carbonyl (C=O) groups is 2.